The van der Waals surface area contributed by atoms with E-state index >= 15 is 0 Å². The molecular formula is C10H13NO2. The lowest BCUT2D eigenvalue weighted by Gasteiger charge is -2.08. The highest BCUT2D eigenvalue weighted by molar-refractivity contribution is 5.44. The molecule has 1 aromatic carbocycles. The van der Waals surface area contributed by atoms with Gasteiger partial charge in [0.15, 0.2) is 0 Å². The Balaban J connectivity index is 2.18. The van der Waals surface area contributed by atoms with Crippen molar-refractivity contribution in [3.63, 3.8) is 0 Å². The van der Waals surface area contributed by atoms with Gasteiger partial charge >= 0.3 is 0 Å². The first-order valence-electron chi connectivity index (χ1n) is 4.48. The van der Waals surface area contributed by atoms with E-state index in [2.05, 4.69) is 11.5 Å². The van der Waals surface area contributed by atoms with Crippen molar-refractivity contribution in [3.05, 3.63) is 29.8 Å². The number of anilines is 1. The van der Waals surface area contributed by atoms with E-state index in [1.165, 1.54) is 5.56 Å². The van der Waals surface area contributed by atoms with Gasteiger partial charge in [0, 0.05) is 12.5 Å². The lowest BCUT2D eigenvalue weighted by atomic mass is 9.98. The van der Waals surface area contributed by atoms with Crippen LogP contribution in [0.15, 0.2) is 24.3 Å². The third-order valence-electron chi connectivity index (χ3n) is 2.42. The lowest BCUT2D eigenvalue weighted by Crippen LogP contribution is -1.98. The zero-order valence-electron chi connectivity index (χ0n) is 7.36. The van der Waals surface area contributed by atoms with Gasteiger partial charge in [0.25, 0.3) is 0 Å². The van der Waals surface area contributed by atoms with Crippen LogP contribution in [0.5, 0.6) is 0 Å². The number of ether oxygens (including phenoxy) is 1. The molecule has 0 aromatic heterocycles. The highest BCUT2D eigenvalue weighted by Crippen LogP contribution is 2.26. The summed E-state index contributed by atoms with van der Waals surface area (Å²) in [7, 11) is 0. The quantitative estimate of drug-likeness (QED) is 0.682. The Morgan fingerprint density at radius 2 is 2.38 bits per heavy atom. The largest absolute Gasteiger partial charge is 0.381 e. The normalized spacial score (nSPS) is 21.8. The molecule has 70 valence electrons. The lowest BCUT2D eigenvalue weighted by molar-refractivity contribution is 0.194. The molecule has 0 amide bonds. The van der Waals surface area contributed by atoms with Crippen molar-refractivity contribution in [1.29, 1.82) is 0 Å². The van der Waals surface area contributed by atoms with Gasteiger partial charge in [-0.15, -0.1) is 0 Å². The standard InChI is InChI=1S/C10H13NO2/c12-11-10-3-1-2-8(6-10)9-4-5-13-7-9/h1-3,6,9,11-12H,4-5,7H2. The highest BCUT2D eigenvalue weighted by atomic mass is 16.5. The monoisotopic (exact) mass is 179 g/mol. The fourth-order valence-corrected chi connectivity index (χ4v) is 1.66. The maximum atomic E-state index is 8.72. The molecule has 0 bridgehead atoms. The van der Waals surface area contributed by atoms with Crippen LogP contribution in [-0.4, -0.2) is 18.4 Å². The number of hydrogen-bond acceptors (Lipinski definition) is 3. The Kier molecular flexibility index (Phi) is 2.47. The maximum Gasteiger partial charge on any atom is 0.0604 e. The van der Waals surface area contributed by atoms with Crippen LogP contribution in [0.2, 0.25) is 0 Å². The number of hydrogen-bond donors (Lipinski definition) is 2. The summed E-state index contributed by atoms with van der Waals surface area (Å²) in [4.78, 5) is 0. The molecule has 0 saturated carbocycles. The van der Waals surface area contributed by atoms with E-state index in [9.17, 15) is 0 Å². The minimum atomic E-state index is 0.494. The molecule has 0 aliphatic carbocycles. The Morgan fingerprint density at radius 3 is 3.08 bits per heavy atom. The first-order valence-corrected chi connectivity index (χ1v) is 4.48. The van der Waals surface area contributed by atoms with Crippen molar-refractivity contribution < 1.29 is 9.94 Å². The summed E-state index contributed by atoms with van der Waals surface area (Å²) in [6.45, 7) is 1.65. The molecule has 1 aliphatic heterocycles. The van der Waals surface area contributed by atoms with Gasteiger partial charge in [-0.3, -0.25) is 10.7 Å². The fraction of sp³-hybridized carbons (Fsp3) is 0.400. The average Bonchev–Trinajstić information content (AvgIpc) is 2.71. The second-order valence-electron chi connectivity index (χ2n) is 3.30. The molecule has 2 N–H and O–H groups in total. The molecule has 1 saturated heterocycles. The molecule has 1 aromatic rings. The predicted molar refractivity (Wildman–Crippen MR) is 50.0 cm³/mol. The maximum absolute atomic E-state index is 8.72. The number of benzene rings is 1. The molecule has 3 nitrogen and oxygen atoms in total. The van der Waals surface area contributed by atoms with E-state index in [1.807, 2.05) is 18.2 Å². The Labute approximate surface area is 77.3 Å². The summed E-state index contributed by atoms with van der Waals surface area (Å²) in [5.41, 5.74) is 4.12. The average molecular weight is 179 g/mol. The SMILES string of the molecule is ONc1cccc(C2CCOC2)c1. The Bertz CT molecular complexity index is 282. The molecule has 1 aliphatic rings. The van der Waals surface area contributed by atoms with E-state index in [0.717, 1.165) is 25.3 Å². The third kappa shape index (κ3) is 1.82. The van der Waals surface area contributed by atoms with Crippen molar-refractivity contribution in [2.45, 2.75) is 12.3 Å². The number of nitrogens with one attached hydrogen (secondary N) is 1. The van der Waals surface area contributed by atoms with Gasteiger partial charge < -0.3 is 4.74 Å². The zero-order chi connectivity index (χ0) is 9.10. The highest BCUT2D eigenvalue weighted by Gasteiger charge is 2.17. The van der Waals surface area contributed by atoms with Gasteiger partial charge in [0.1, 0.15) is 0 Å². The molecule has 1 heterocycles. The van der Waals surface area contributed by atoms with Gasteiger partial charge in [-0.2, -0.15) is 0 Å². The van der Waals surface area contributed by atoms with Crippen LogP contribution in [0, 0.1) is 0 Å². The van der Waals surface area contributed by atoms with E-state index in [1.54, 1.807) is 0 Å². The van der Waals surface area contributed by atoms with E-state index in [4.69, 9.17) is 9.94 Å². The summed E-state index contributed by atoms with van der Waals surface area (Å²) >= 11 is 0. The molecule has 0 radical (unpaired) electrons. The van der Waals surface area contributed by atoms with Crippen LogP contribution >= 0.6 is 0 Å². The predicted octanol–water partition coefficient (Wildman–Crippen LogP) is 1.99. The van der Waals surface area contributed by atoms with Crippen molar-refractivity contribution in [3.8, 4) is 0 Å². The minimum Gasteiger partial charge on any atom is -0.381 e. The van der Waals surface area contributed by atoms with E-state index < -0.39 is 0 Å². The van der Waals surface area contributed by atoms with Crippen LogP contribution in [0.25, 0.3) is 0 Å². The first-order chi connectivity index (χ1) is 6.40. The summed E-state index contributed by atoms with van der Waals surface area (Å²) in [5, 5.41) is 8.72. The first kappa shape index (κ1) is 8.53. The van der Waals surface area contributed by atoms with Gasteiger partial charge in [-0.25, -0.2) is 0 Å². The van der Waals surface area contributed by atoms with Crippen LogP contribution in [0.1, 0.15) is 17.9 Å². The molecule has 1 unspecified atom stereocenters. The Hall–Kier alpha value is -1.06. The topological polar surface area (TPSA) is 41.5 Å². The summed E-state index contributed by atoms with van der Waals surface area (Å²) in [6.07, 6.45) is 1.08. The van der Waals surface area contributed by atoms with Gasteiger partial charge in [0.2, 0.25) is 0 Å². The van der Waals surface area contributed by atoms with E-state index in [-0.39, 0.29) is 0 Å². The molecule has 3 heteroatoms. The smallest absolute Gasteiger partial charge is 0.0604 e. The Morgan fingerprint density at radius 1 is 1.46 bits per heavy atom. The number of rotatable bonds is 2. The fourth-order valence-electron chi connectivity index (χ4n) is 1.66. The van der Waals surface area contributed by atoms with Gasteiger partial charge in [-0.05, 0) is 24.1 Å². The molecule has 1 fully saturated rings. The molecular weight excluding hydrogens is 166 g/mol. The molecule has 13 heavy (non-hydrogen) atoms. The van der Waals surface area contributed by atoms with Crippen LogP contribution in [0.3, 0.4) is 0 Å². The van der Waals surface area contributed by atoms with Crippen LogP contribution in [0.4, 0.5) is 5.69 Å². The zero-order valence-corrected chi connectivity index (χ0v) is 7.36. The minimum absolute atomic E-state index is 0.494. The van der Waals surface area contributed by atoms with Crippen LogP contribution < -0.4 is 5.48 Å². The van der Waals surface area contributed by atoms with Crippen molar-refractivity contribution in [2.75, 3.05) is 18.7 Å². The van der Waals surface area contributed by atoms with Crippen LogP contribution in [-0.2, 0) is 4.74 Å². The molecule has 0 spiro atoms. The van der Waals surface area contributed by atoms with Gasteiger partial charge in [0.05, 0.1) is 12.3 Å². The summed E-state index contributed by atoms with van der Waals surface area (Å²) in [5.74, 6) is 0.494. The summed E-state index contributed by atoms with van der Waals surface area (Å²) in [6, 6.07) is 7.80. The second kappa shape index (κ2) is 3.77. The van der Waals surface area contributed by atoms with Crippen molar-refractivity contribution in [2.24, 2.45) is 0 Å². The van der Waals surface area contributed by atoms with Gasteiger partial charge in [-0.1, -0.05) is 12.1 Å². The molecule has 1 atom stereocenters. The third-order valence-corrected chi connectivity index (χ3v) is 2.42. The van der Waals surface area contributed by atoms with Crippen molar-refractivity contribution >= 4 is 5.69 Å². The van der Waals surface area contributed by atoms with E-state index in [0.29, 0.717) is 5.92 Å². The van der Waals surface area contributed by atoms with Crippen molar-refractivity contribution in [1.82, 2.24) is 0 Å². The summed E-state index contributed by atoms with van der Waals surface area (Å²) < 4.78 is 5.30. The second-order valence-corrected chi connectivity index (χ2v) is 3.30. The molecule has 2 rings (SSSR count).